The predicted molar refractivity (Wildman–Crippen MR) is 44.8 cm³/mol. The van der Waals surface area contributed by atoms with Crippen LogP contribution in [0.5, 0.6) is 0 Å². The van der Waals surface area contributed by atoms with Gasteiger partial charge in [-0.05, 0) is 24.3 Å². The smallest absolute Gasteiger partial charge is 0.00394 e. The molecular formula is C8H12S. The van der Waals surface area contributed by atoms with Crippen molar-refractivity contribution in [2.45, 2.75) is 6.42 Å². The van der Waals surface area contributed by atoms with Gasteiger partial charge in [0.2, 0.25) is 0 Å². The summed E-state index contributed by atoms with van der Waals surface area (Å²) in [6.45, 7) is 0. The first-order valence-corrected chi connectivity index (χ1v) is 4.67. The lowest BCUT2D eigenvalue weighted by molar-refractivity contribution is 0.794. The number of rotatable bonds is 3. The SMILES string of the molecule is CSCCC1C=CC=C1. The summed E-state index contributed by atoms with van der Waals surface area (Å²) in [5, 5.41) is 0. The first-order valence-electron chi connectivity index (χ1n) is 3.27. The van der Waals surface area contributed by atoms with Crippen molar-refractivity contribution in [3.63, 3.8) is 0 Å². The summed E-state index contributed by atoms with van der Waals surface area (Å²) in [5.74, 6) is 2.01. The molecule has 0 aliphatic heterocycles. The summed E-state index contributed by atoms with van der Waals surface area (Å²) in [5.41, 5.74) is 0. The maximum atomic E-state index is 2.26. The monoisotopic (exact) mass is 140 g/mol. The minimum absolute atomic E-state index is 0.734. The lowest BCUT2D eigenvalue weighted by Gasteiger charge is -2.00. The van der Waals surface area contributed by atoms with Gasteiger partial charge in [0.05, 0.1) is 0 Å². The Labute approximate surface area is 61.0 Å². The largest absolute Gasteiger partial charge is 0.165 e. The summed E-state index contributed by atoms with van der Waals surface area (Å²) in [4.78, 5) is 0. The highest BCUT2D eigenvalue weighted by Crippen LogP contribution is 2.14. The number of thioether (sulfide) groups is 1. The Morgan fingerprint density at radius 1 is 1.33 bits per heavy atom. The van der Waals surface area contributed by atoms with Gasteiger partial charge in [-0.2, -0.15) is 11.8 Å². The molecule has 9 heavy (non-hydrogen) atoms. The van der Waals surface area contributed by atoms with Crippen LogP contribution in [0.4, 0.5) is 0 Å². The fourth-order valence-corrected chi connectivity index (χ4v) is 1.43. The summed E-state index contributed by atoms with van der Waals surface area (Å²) in [6.07, 6.45) is 12.2. The predicted octanol–water partition coefficient (Wildman–Crippen LogP) is 2.48. The Balaban J connectivity index is 2.13. The molecule has 0 spiro atoms. The molecule has 0 aromatic rings. The fourth-order valence-electron chi connectivity index (χ4n) is 0.924. The zero-order valence-electron chi connectivity index (χ0n) is 5.71. The summed E-state index contributed by atoms with van der Waals surface area (Å²) in [6, 6.07) is 0. The second-order valence-corrected chi connectivity index (χ2v) is 3.20. The molecule has 0 unspecified atom stereocenters. The van der Waals surface area contributed by atoms with Crippen molar-refractivity contribution in [3.05, 3.63) is 24.3 Å². The topological polar surface area (TPSA) is 0 Å². The van der Waals surface area contributed by atoms with Gasteiger partial charge in [-0.15, -0.1) is 0 Å². The number of hydrogen-bond acceptors (Lipinski definition) is 1. The van der Waals surface area contributed by atoms with Crippen molar-refractivity contribution in [1.29, 1.82) is 0 Å². The molecule has 0 radical (unpaired) electrons. The molecule has 1 aliphatic rings. The van der Waals surface area contributed by atoms with E-state index in [1.807, 2.05) is 11.8 Å². The van der Waals surface area contributed by atoms with E-state index in [-0.39, 0.29) is 0 Å². The van der Waals surface area contributed by atoms with Gasteiger partial charge >= 0.3 is 0 Å². The van der Waals surface area contributed by atoms with Gasteiger partial charge in [-0.25, -0.2) is 0 Å². The molecule has 0 bridgehead atoms. The van der Waals surface area contributed by atoms with Crippen molar-refractivity contribution < 1.29 is 0 Å². The summed E-state index contributed by atoms with van der Waals surface area (Å²) >= 11 is 1.92. The Kier molecular flexibility index (Phi) is 2.92. The van der Waals surface area contributed by atoms with Crippen LogP contribution in [0.15, 0.2) is 24.3 Å². The van der Waals surface area contributed by atoms with Gasteiger partial charge in [0.1, 0.15) is 0 Å². The first kappa shape index (κ1) is 6.94. The Hall–Kier alpha value is -0.170. The zero-order valence-corrected chi connectivity index (χ0v) is 6.53. The van der Waals surface area contributed by atoms with Gasteiger partial charge in [0, 0.05) is 0 Å². The third-order valence-electron chi connectivity index (χ3n) is 1.48. The van der Waals surface area contributed by atoms with Crippen LogP contribution in [-0.4, -0.2) is 12.0 Å². The van der Waals surface area contributed by atoms with Gasteiger partial charge < -0.3 is 0 Å². The van der Waals surface area contributed by atoms with Gasteiger partial charge in [0.25, 0.3) is 0 Å². The highest BCUT2D eigenvalue weighted by molar-refractivity contribution is 7.98. The van der Waals surface area contributed by atoms with E-state index in [2.05, 4.69) is 30.6 Å². The number of allylic oxidation sites excluding steroid dienone is 4. The van der Waals surface area contributed by atoms with Crippen LogP contribution in [0.3, 0.4) is 0 Å². The Morgan fingerprint density at radius 2 is 2.00 bits per heavy atom. The third kappa shape index (κ3) is 2.27. The van der Waals surface area contributed by atoms with E-state index < -0.39 is 0 Å². The first-order chi connectivity index (χ1) is 4.43. The van der Waals surface area contributed by atoms with Crippen LogP contribution in [0.1, 0.15) is 6.42 Å². The average molecular weight is 140 g/mol. The van der Waals surface area contributed by atoms with Crippen molar-refractivity contribution in [2.75, 3.05) is 12.0 Å². The summed E-state index contributed by atoms with van der Waals surface area (Å²) < 4.78 is 0. The third-order valence-corrected chi connectivity index (χ3v) is 2.13. The van der Waals surface area contributed by atoms with Crippen molar-refractivity contribution >= 4 is 11.8 Å². The molecule has 0 heterocycles. The molecule has 1 heteroatoms. The molecule has 0 nitrogen and oxygen atoms in total. The molecular weight excluding hydrogens is 128 g/mol. The average Bonchev–Trinajstić information content (AvgIpc) is 2.34. The minimum atomic E-state index is 0.734. The normalized spacial score (nSPS) is 17.4. The molecule has 1 aliphatic carbocycles. The van der Waals surface area contributed by atoms with Crippen LogP contribution in [0.25, 0.3) is 0 Å². The van der Waals surface area contributed by atoms with E-state index in [1.165, 1.54) is 12.2 Å². The highest BCUT2D eigenvalue weighted by Gasteiger charge is 2.00. The minimum Gasteiger partial charge on any atom is -0.165 e. The van der Waals surface area contributed by atoms with Crippen LogP contribution in [0, 0.1) is 5.92 Å². The van der Waals surface area contributed by atoms with Crippen LogP contribution < -0.4 is 0 Å². The molecule has 0 saturated carbocycles. The maximum absolute atomic E-state index is 2.26. The fraction of sp³-hybridized carbons (Fsp3) is 0.500. The quantitative estimate of drug-likeness (QED) is 0.580. The molecule has 1 rings (SSSR count). The molecule has 0 aromatic carbocycles. The molecule has 0 atom stereocenters. The summed E-state index contributed by atoms with van der Waals surface area (Å²) in [7, 11) is 0. The van der Waals surface area contributed by atoms with Gasteiger partial charge in [-0.3, -0.25) is 0 Å². The Morgan fingerprint density at radius 3 is 2.56 bits per heavy atom. The van der Waals surface area contributed by atoms with Crippen molar-refractivity contribution in [1.82, 2.24) is 0 Å². The van der Waals surface area contributed by atoms with Crippen molar-refractivity contribution in [2.24, 2.45) is 5.92 Å². The van der Waals surface area contributed by atoms with Crippen LogP contribution in [-0.2, 0) is 0 Å². The van der Waals surface area contributed by atoms with Gasteiger partial charge in [0.15, 0.2) is 0 Å². The molecule has 0 N–H and O–H groups in total. The van der Waals surface area contributed by atoms with Crippen LogP contribution in [0.2, 0.25) is 0 Å². The highest BCUT2D eigenvalue weighted by atomic mass is 32.2. The van der Waals surface area contributed by atoms with Gasteiger partial charge in [-0.1, -0.05) is 24.3 Å². The zero-order chi connectivity index (χ0) is 6.53. The molecule has 0 aromatic heterocycles. The molecule has 0 saturated heterocycles. The van der Waals surface area contributed by atoms with E-state index in [9.17, 15) is 0 Å². The van der Waals surface area contributed by atoms with E-state index in [0.717, 1.165) is 5.92 Å². The Bertz CT molecular complexity index is 113. The number of hydrogen-bond donors (Lipinski definition) is 0. The van der Waals surface area contributed by atoms with E-state index in [0.29, 0.717) is 0 Å². The van der Waals surface area contributed by atoms with Crippen LogP contribution >= 0.6 is 11.8 Å². The van der Waals surface area contributed by atoms with E-state index >= 15 is 0 Å². The van der Waals surface area contributed by atoms with E-state index in [4.69, 9.17) is 0 Å². The van der Waals surface area contributed by atoms with E-state index in [1.54, 1.807) is 0 Å². The molecule has 0 fully saturated rings. The van der Waals surface area contributed by atoms with Crippen molar-refractivity contribution in [3.8, 4) is 0 Å². The second kappa shape index (κ2) is 3.78. The lowest BCUT2D eigenvalue weighted by atomic mass is 10.1. The second-order valence-electron chi connectivity index (χ2n) is 2.22. The molecule has 0 amide bonds. The lowest BCUT2D eigenvalue weighted by Crippen LogP contribution is -1.90. The molecule has 50 valence electrons. The standard InChI is InChI=1S/C8H12S/c1-9-7-6-8-4-2-3-5-8/h2-5,8H,6-7H2,1H3. The maximum Gasteiger partial charge on any atom is -0.00394 e.